The second kappa shape index (κ2) is 13.4. The molecule has 1 fully saturated rings. The number of halogens is 11. The number of rotatable bonds is 10. The van der Waals surface area contributed by atoms with Gasteiger partial charge in [-0.2, -0.15) is 30.7 Å². The smallest absolute Gasteiger partial charge is 0.429 e. The molecule has 0 atom stereocenters. The van der Waals surface area contributed by atoms with Gasteiger partial charge in [-0.25, -0.2) is 17.6 Å². The highest BCUT2D eigenvalue weighted by Crippen LogP contribution is 2.41. The largest absolute Gasteiger partial charge is 0.429 e. The minimum absolute atomic E-state index is 0.0142. The minimum Gasteiger partial charge on any atom is -0.429 e. The van der Waals surface area contributed by atoms with Crippen molar-refractivity contribution in [3.05, 3.63) is 113 Å². The van der Waals surface area contributed by atoms with E-state index in [-0.39, 0.29) is 30.2 Å². The Bertz CT molecular complexity index is 1570. The summed E-state index contributed by atoms with van der Waals surface area (Å²) in [4.78, 5) is 0. The Morgan fingerprint density at radius 2 is 1.20 bits per heavy atom. The summed E-state index contributed by atoms with van der Waals surface area (Å²) in [5.41, 5.74) is -2.23. The molecule has 0 heterocycles. The molecule has 0 amide bonds. The Hall–Kier alpha value is -4.23. The molecule has 3 aromatic rings. The van der Waals surface area contributed by atoms with Crippen molar-refractivity contribution in [3.63, 3.8) is 0 Å². The second-order valence-electron chi connectivity index (χ2n) is 10.1. The van der Waals surface area contributed by atoms with Crippen molar-refractivity contribution in [3.8, 4) is 17.2 Å². The van der Waals surface area contributed by atoms with Crippen molar-refractivity contribution >= 4 is 0 Å². The number of allylic oxidation sites excluding steroid dienone is 2. The molecule has 0 N–H and O–H groups in total. The van der Waals surface area contributed by atoms with Gasteiger partial charge in [-0.05, 0) is 74.3 Å². The zero-order chi connectivity index (χ0) is 33.1. The number of ether oxygens (including phenoxy) is 3. The normalized spacial score (nSPS) is 17.3. The Kier molecular flexibility index (Phi) is 10.0. The Balaban J connectivity index is 1.47. The molecule has 3 aromatic carbocycles. The lowest BCUT2D eigenvalue weighted by Gasteiger charge is -2.27. The summed E-state index contributed by atoms with van der Waals surface area (Å²) in [5.74, 6) is -10.6. The predicted octanol–water partition coefficient (Wildman–Crippen LogP) is 10.8. The first-order valence-electron chi connectivity index (χ1n) is 13.4. The van der Waals surface area contributed by atoms with Crippen LogP contribution in [-0.2, 0) is 12.2 Å². The molecule has 0 bridgehead atoms. The number of alkyl halides is 4. The molecule has 0 aliphatic heterocycles. The van der Waals surface area contributed by atoms with Gasteiger partial charge in [-0.15, -0.1) is 0 Å². The summed E-state index contributed by atoms with van der Waals surface area (Å²) in [6.07, 6.45) is -4.85. The van der Waals surface area contributed by atoms with Gasteiger partial charge in [-0.1, -0.05) is 18.2 Å². The fourth-order valence-electron chi connectivity index (χ4n) is 4.96. The molecule has 0 unspecified atom stereocenters. The summed E-state index contributed by atoms with van der Waals surface area (Å²) in [6, 6.07) is 1.44. The molecule has 1 aliphatic carbocycles. The molecule has 1 aliphatic rings. The SMILES string of the molecule is CC=CC1CCC(c2ccc(C(F)(F)Oc3ccc(C(F)(F)Oc4cc(F)c(OC(F)=C(F)F)c(F)c4)c(F)c3)c(F)c2)CC1. The summed E-state index contributed by atoms with van der Waals surface area (Å²) >= 11 is 0. The van der Waals surface area contributed by atoms with Gasteiger partial charge >= 0.3 is 24.3 Å². The molecular weight excluding hydrogens is 629 g/mol. The number of hydrogen-bond acceptors (Lipinski definition) is 3. The lowest BCUT2D eigenvalue weighted by molar-refractivity contribution is -0.189. The maximum atomic E-state index is 14.9. The molecular formula is C31H23F11O3. The van der Waals surface area contributed by atoms with E-state index in [2.05, 4.69) is 20.3 Å². The molecule has 0 spiro atoms. The van der Waals surface area contributed by atoms with E-state index >= 15 is 0 Å². The monoisotopic (exact) mass is 652 g/mol. The first-order chi connectivity index (χ1) is 21.1. The zero-order valence-electron chi connectivity index (χ0n) is 23.1. The highest BCUT2D eigenvalue weighted by molar-refractivity contribution is 5.38. The standard InChI is InChI=1S/C31H23F11O3/c1-2-3-16-4-6-17(7-5-16)18-8-10-21(23(32)12-18)30(39,40)44-19-9-11-22(24(33)13-19)31(41,42)45-20-14-25(34)27(26(35)15-20)43-29(38)28(36)37/h2-3,8-17H,4-7H2,1H3. The van der Waals surface area contributed by atoms with Crippen LogP contribution in [0.4, 0.5) is 48.3 Å². The maximum Gasteiger partial charge on any atom is 0.429 e. The molecule has 0 saturated heterocycles. The second-order valence-corrected chi connectivity index (χ2v) is 10.1. The maximum absolute atomic E-state index is 14.9. The quantitative estimate of drug-likeness (QED) is 0.124. The summed E-state index contributed by atoms with van der Waals surface area (Å²) in [6.45, 7) is 1.91. The fraction of sp³-hybridized carbons (Fsp3) is 0.290. The zero-order valence-corrected chi connectivity index (χ0v) is 23.1. The van der Waals surface area contributed by atoms with Gasteiger partial charge in [0.2, 0.25) is 5.75 Å². The molecule has 4 rings (SSSR count). The third kappa shape index (κ3) is 7.90. The van der Waals surface area contributed by atoms with E-state index < -0.39 is 76.0 Å². The number of benzene rings is 3. The van der Waals surface area contributed by atoms with E-state index in [0.717, 1.165) is 37.8 Å². The summed E-state index contributed by atoms with van der Waals surface area (Å²) in [7, 11) is 0. The highest BCUT2D eigenvalue weighted by atomic mass is 19.3. The van der Waals surface area contributed by atoms with E-state index in [4.69, 9.17) is 0 Å². The average Bonchev–Trinajstić information content (AvgIpc) is 2.94. The molecule has 3 nitrogen and oxygen atoms in total. The van der Waals surface area contributed by atoms with Crippen LogP contribution in [0.25, 0.3) is 0 Å². The van der Waals surface area contributed by atoms with Gasteiger partial charge in [0, 0.05) is 18.2 Å². The Morgan fingerprint density at radius 1 is 0.689 bits per heavy atom. The topological polar surface area (TPSA) is 27.7 Å². The first-order valence-corrected chi connectivity index (χ1v) is 13.4. The van der Waals surface area contributed by atoms with Gasteiger partial charge in [0.15, 0.2) is 11.6 Å². The van der Waals surface area contributed by atoms with E-state index in [1.54, 1.807) is 0 Å². The van der Waals surface area contributed by atoms with Crippen LogP contribution < -0.4 is 14.2 Å². The number of hydrogen-bond donors (Lipinski definition) is 0. The van der Waals surface area contributed by atoms with Crippen molar-refractivity contribution in [1.29, 1.82) is 0 Å². The van der Waals surface area contributed by atoms with Crippen molar-refractivity contribution in [2.24, 2.45) is 5.92 Å². The third-order valence-corrected chi connectivity index (χ3v) is 7.07. The van der Waals surface area contributed by atoms with E-state index in [1.807, 2.05) is 13.0 Å². The summed E-state index contributed by atoms with van der Waals surface area (Å²) < 4.78 is 166. The molecule has 1 saturated carbocycles. The molecule has 0 radical (unpaired) electrons. The minimum atomic E-state index is -4.68. The highest BCUT2D eigenvalue weighted by Gasteiger charge is 2.41. The molecule has 45 heavy (non-hydrogen) atoms. The van der Waals surface area contributed by atoms with Crippen molar-refractivity contribution in [2.75, 3.05) is 0 Å². The molecule has 0 aromatic heterocycles. The molecule has 242 valence electrons. The lowest BCUT2D eigenvalue weighted by Crippen LogP contribution is -2.25. The van der Waals surface area contributed by atoms with Gasteiger partial charge in [0.25, 0.3) is 0 Å². The first kappa shape index (κ1) is 33.7. The van der Waals surface area contributed by atoms with Crippen LogP contribution >= 0.6 is 0 Å². The van der Waals surface area contributed by atoms with Crippen LogP contribution in [0.15, 0.2) is 72.8 Å². The average molecular weight is 653 g/mol. The van der Waals surface area contributed by atoms with Gasteiger partial charge in [0.05, 0.1) is 5.56 Å². The van der Waals surface area contributed by atoms with Gasteiger partial charge in [0.1, 0.15) is 28.7 Å². The van der Waals surface area contributed by atoms with E-state index in [9.17, 15) is 48.3 Å². The van der Waals surface area contributed by atoms with Crippen molar-refractivity contribution in [2.45, 2.75) is 50.7 Å². The third-order valence-electron chi connectivity index (χ3n) is 7.07. The Morgan fingerprint density at radius 3 is 1.71 bits per heavy atom. The van der Waals surface area contributed by atoms with Crippen LogP contribution in [0.1, 0.15) is 55.2 Å². The lowest BCUT2D eigenvalue weighted by atomic mass is 9.78. The van der Waals surface area contributed by atoms with Crippen molar-refractivity contribution in [1.82, 2.24) is 0 Å². The summed E-state index contributed by atoms with van der Waals surface area (Å²) in [5, 5.41) is 0. The van der Waals surface area contributed by atoms with Crippen molar-refractivity contribution < 1.29 is 62.5 Å². The van der Waals surface area contributed by atoms with Crippen LogP contribution in [0.2, 0.25) is 0 Å². The molecule has 14 heteroatoms. The fourth-order valence-corrected chi connectivity index (χ4v) is 4.96. The Labute approximate surface area is 249 Å². The van der Waals surface area contributed by atoms with Gasteiger partial charge in [-0.3, -0.25) is 0 Å². The predicted molar refractivity (Wildman–Crippen MR) is 139 cm³/mol. The van der Waals surface area contributed by atoms with Crippen LogP contribution in [0.3, 0.4) is 0 Å². The van der Waals surface area contributed by atoms with Gasteiger partial charge < -0.3 is 14.2 Å². The van der Waals surface area contributed by atoms with Crippen LogP contribution in [-0.4, -0.2) is 0 Å². The van der Waals surface area contributed by atoms with Crippen LogP contribution in [0, 0.1) is 29.2 Å². The van der Waals surface area contributed by atoms with E-state index in [0.29, 0.717) is 17.5 Å². The van der Waals surface area contributed by atoms with E-state index in [1.165, 1.54) is 6.07 Å². The van der Waals surface area contributed by atoms with Crippen LogP contribution in [0.5, 0.6) is 17.2 Å².